The Bertz CT molecular complexity index is 1040. The predicted octanol–water partition coefficient (Wildman–Crippen LogP) is 7.12. The highest BCUT2D eigenvalue weighted by Crippen LogP contribution is 2.40. The molecular weight excluding hydrogens is 404 g/mol. The molecule has 3 aromatic rings. The number of rotatable bonds is 3. The van der Waals surface area contributed by atoms with Crippen molar-refractivity contribution in [1.29, 1.82) is 0 Å². The molecule has 30 heavy (non-hydrogen) atoms. The average molecular weight is 435 g/mol. The zero-order valence-corrected chi connectivity index (χ0v) is 19.3. The molecule has 0 radical (unpaired) electrons. The maximum Gasteiger partial charge on any atom is 0.111 e. The average Bonchev–Trinajstić information content (AvgIpc) is 3.05. The van der Waals surface area contributed by atoms with Crippen LogP contribution in [0.25, 0.3) is 10.1 Å². The summed E-state index contributed by atoms with van der Waals surface area (Å²) in [6.45, 7) is 4.69. The Hall–Kier alpha value is -1.75. The van der Waals surface area contributed by atoms with Crippen LogP contribution in [0.2, 0.25) is 0 Å². The number of anilines is 1. The van der Waals surface area contributed by atoms with E-state index in [1.165, 1.54) is 67.3 Å². The quantitative estimate of drug-likeness (QED) is 0.442. The summed E-state index contributed by atoms with van der Waals surface area (Å²) >= 11 is 7.60. The van der Waals surface area contributed by atoms with E-state index >= 15 is 0 Å². The molecule has 5 rings (SSSR count). The molecule has 2 nitrogen and oxygen atoms in total. The Morgan fingerprint density at radius 1 is 1.03 bits per heavy atom. The number of nitrogens with one attached hydrogen (secondary N) is 1. The van der Waals surface area contributed by atoms with Gasteiger partial charge in [0.25, 0.3) is 0 Å². The van der Waals surface area contributed by atoms with Crippen LogP contribution < -0.4 is 5.32 Å². The standard InChI is InChI=1S/C26H30N2S2/c1-18-6-2-3-8-22(18)26(29)27-20-10-12-25-23(16-20)24(17-30-25)19-9-11-21-7-4-5-14-28(21)15-13-19/h2-3,6,8,10,12,16-17,19,21H,4-5,7,9,11,13-15H2,1H3,(H,27,29). The van der Waals surface area contributed by atoms with E-state index in [0.29, 0.717) is 5.92 Å². The second-order valence-corrected chi connectivity index (χ2v) is 10.2. The SMILES string of the molecule is Cc1ccccc1C(=S)Nc1ccc2scc(C3CCC4CCCCN4CC3)c2c1. The number of aryl methyl sites for hydroxylation is 1. The van der Waals surface area contributed by atoms with E-state index in [4.69, 9.17) is 12.2 Å². The van der Waals surface area contributed by atoms with Crippen molar-refractivity contribution in [3.05, 3.63) is 64.5 Å². The summed E-state index contributed by atoms with van der Waals surface area (Å²) in [5, 5.41) is 7.33. The van der Waals surface area contributed by atoms with Crippen molar-refractivity contribution >= 4 is 44.3 Å². The molecule has 0 aliphatic carbocycles. The third kappa shape index (κ3) is 4.05. The fourth-order valence-electron chi connectivity index (χ4n) is 5.32. The molecule has 2 aromatic carbocycles. The van der Waals surface area contributed by atoms with Crippen molar-refractivity contribution in [2.75, 3.05) is 18.4 Å². The monoisotopic (exact) mass is 434 g/mol. The Labute approximate surface area is 189 Å². The molecule has 3 heterocycles. The van der Waals surface area contributed by atoms with Crippen molar-refractivity contribution in [3.63, 3.8) is 0 Å². The molecule has 2 saturated heterocycles. The molecule has 2 aliphatic heterocycles. The summed E-state index contributed by atoms with van der Waals surface area (Å²) in [4.78, 5) is 3.57. The number of nitrogens with zero attached hydrogens (tertiary/aromatic N) is 1. The molecule has 4 heteroatoms. The highest BCUT2D eigenvalue weighted by molar-refractivity contribution is 7.81. The lowest BCUT2D eigenvalue weighted by atomic mass is 9.90. The van der Waals surface area contributed by atoms with Gasteiger partial charge in [-0.3, -0.25) is 0 Å². The van der Waals surface area contributed by atoms with E-state index < -0.39 is 0 Å². The van der Waals surface area contributed by atoms with Crippen LogP contribution in [0, 0.1) is 6.92 Å². The summed E-state index contributed by atoms with van der Waals surface area (Å²) < 4.78 is 1.39. The van der Waals surface area contributed by atoms with E-state index in [1.54, 1.807) is 5.56 Å². The molecule has 0 spiro atoms. The van der Waals surface area contributed by atoms with Crippen LogP contribution in [-0.4, -0.2) is 29.0 Å². The first-order valence-electron chi connectivity index (χ1n) is 11.3. The zero-order chi connectivity index (χ0) is 20.5. The van der Waals surface area contributed by atoms with Crippen molar-refractivity contribution < 1.29 is 0 Å². The predicted molar refractivity (Wildman–Crippen MR) is 134 cm³/mol. The van der Waals surface area contributed by atoms with E-state index in [1.807, 2.05) is 11.3 Å². The molecule has 2 aliphatic rings. The fraction of sp³-hybridized carbons (Fsp3) is 0.423. The lowest BCUT2D eigenvalue weighted by molar-refractivity contribution is 0.151. The molecular formula is C26H30N2S2. The van der Waals surface area contributed by atoms with E-state index in [9.17, 15) is 0 Å². The van der Waals surface area contributed by atoms with Gasteiger partial charge in [-0.2, -0.15) is 0 Å². The van der Waals surface area contributed by atoms with Crippen LogP contribution in [0.1, 0.15) is 61.1 Å². The van der Waals surface area contributed by atoms with Gasteiger partial charge in [-0.15, -0.1) is 11.3 Å². The van der Waals surface area contributed by atoms with Crippen LogP contribution in [0.3, 0.4) is 0 Å². The second kappa shape index (κ2) is 8.78. The maximum absolute atomic E-state index is 5.71. The molecule has 2 fully saturated rings. The lowest BCUT2D eigenvalue weighted by Crippen LogP contribution is -2.38. The first-order chi connectivity index (χ1) is 14.7. The zero-order valence-electron chi connectivity index (χ0n) is 17.7. The minimum atomic E-state index is 0.683. The summed E-state index contributed by atoms with van der Waals surface area (Å²) in [7, 11) is 0. The third-order valence-electron chi connectivity index (χ3n) is 7.05. The summed E-state index contributed by atoms with van der Waals surface area (Å²) in [6.07, 6.45) is 8.19. The van der Waals surface area contributed by atoms with E-state index in [-0.39, 0.29) is 0 Å². The van der Waals surface area contributed by atoms with Crippen molar-refractivity contribution in [2.24, 2.45) is 0 Å². The Kier molecular flexibility index (Phi) is 5.90. The van der Waals surface area contributed by atoms with Crippen LogP contribution in [0.5, 0.6) is 0 Å². The molecule has 156 valence electrons. The molecule has 0 saturated carbocycles. The summed E-state index contributed by atoms with van der Waals surface area (Å²) in [6, 6.07) is 15.9. The minimum Gasteiger partial charge on any atom is -0.346 e. The smallest absolute Gasteiger partial charge is 0.111 e. The van der Waals surface area contributed by atoms with Gasteiger partial charge in [-0.1, -0.05) is 42.9 Å². The van der Waals surface area contributed by atoms with E-state index in [2.05, 4.69) is 65.0 Å². The Morgan fingerprint density at radius 3 is 2.83 bits per heavy atom. The van der Waals surface area contributed by atoms with Crippen LogP contribution in [0.4, 0.5) is 5.69 Å². The maximum atomic E-state index is 5.71. The van der Waals surface area contributed by atoms with Gasteiger partial charge in [0, 0.05) is 22.0 Å². The topological polar surface area (TPSA) is 15.3 Å². The highest BCUT2D eigenvalue weighted by Gasteiger charge is 2.28. The molecule has 2 atom stereocenters. The largest absolute Gasteiger partial charge is 0.346 e. The molecule has 2 unspecified atom stereocenters. The third-order valence-corrected chi connectivity index (χ3v) is 8.36. The van der Waals surface area contributed by atoms with Crippen molar-refractivity contribution in [2.45, 2.75) is 57.4 Å². The summed E-state index contributed by atoms with van der Waals surface area (Å²) in [5.74, 6) is 0.683. The van der Waals surface area contributed by atoms with Crippen LogP contribution in [0.15, 0.2) is 47.8 Å². The minimum absolute atomic E-state index is 0.683. The normalized spacial score (nSPS) is 22.4. The van der Waals surface area contributed by atoms with Gasteiger partial charge in [-0.25, -0.2) is 0 Å². The second-order valence-electron chi connectivity index (χ2n) is 8.92. The molecule has 1 N–H and O–H groups in total. The number of benzene rings is 2. The lowest BCUT2D eigenvalue weighted by Gasteiger charge is -2.33. The highest BCUT2D eigenvalue weighted by atomic mass is 32.1. The number of hydrogen-bond acceptors (Lipinski definition) is 3. The molecule has 0 bridgehead atoms. The molecule has 0 amide bonds. The first-order valence-corrected chi connectivity index (χ1v) is 12.6. The number of piperidine rings is 1. The summed E-state index contributed by atoms with van der Waals surface area (Å²) in [5.41, 5.74) is 4.97. The number of thiocarbonyl (C=S) groups is 1. The Morgan fingerprint density at radius 2 is 1.93 bits per heavy atom. The fourth-order valence-corrected chi connectivity index (χ4v) is 6.69. The van der Waals surface area contributed by atoms with Gasteiger partial charge >= 0.3 is 0 Å². The van der Waals surface area contributed by atoms with Gasteiger partial charge < -0.3 is 10.2 Å². The van der Waals surface area contributed by atoms with Gasteiger partial charge in [0.2, 0.25) is 0 Å². The first kappa shape index (κ1) is 20.2. The van der Waals surface area contributed by atoms with Crippen LogP contribution in [-0.2, 0) is 0 Å². The number of fused-ring (bicyclic) bond motifs is 2. The van der Waals surface area contributed by atoms with E-state index in [0.717, 1.165) is 22.3 Å². The van der Waals surface area contributed by atoms with Crippen molar-refractivity contribution in [3.8, 4) is 0 Å². The van der Waals surface area contributed by atoms with Gasteiger partial charge in [0.05, 0.1) is 0 Å². The number of thiophene rings is 1. The van der Waals surface area contributed by atoms with Gasteiger partial charge in [0.15, 0.2) is 0 Å². The van der Waals surface area contributed by atoms with Gasteiger partial charge in [-0.05, 0) is 98.1 Å². The van der Waals surface area contributed by atoms with Crippen molar-refractivity contribution in [1.82, 2.24) is 4.90 Å². The Balaban J connectivity index is 1.38. The molecule has 1 aromatic heterocycles. The van der Waals surface area contributed by atoms with Crippen LogP contribution >= 0.6 is 23.6 Å². The van der Waals surface area contributed by atoms with Gasteiger partial charge in [0.1, 0.15) is 4.99 Å². The number of hydrogen-bond donors (Lipinski definition) is 1.